The zero-order chi connectivity index (χ0) is 12.2. The Bertz CT molecular complexity index is 251. The molecule has 1 radical (unpaired) electrons. The van der Waals surface area contributed by atoms with Crippen LogP contribution in [-0.2, 0) is 14.3 Å². The van der Waals surface area contributed by atoms with Gasteiger partial charge in [-0.1, -0.05) is 39.0 Å². The van der Waals surface area contributed by atoms with E-state index in [9.17, 15) is 9.59 Å². The topological polar surface area (TPSA) is 67.2 Å². The monoisotopic (exact) mass is 264 g/mol. The number of unbranched alkanes of at least 4 members (excludes halogenated alkanes) is 5. The van der Waals surface area contributed by atoms with E-state index in [1.807, 2.05) is 0 Å². The second kappa shape index (κ2) is 14.3. The molecule has 0 saturated heterocycles. The molecule has 0 aromatic rings. The molecule has 0 amide bonds. The molecule has 91 valence electrons. The van der Waals surface area contributed by atoms with Gasteiger partial charge in [-0.05, 0) is 6.42 Å². The number of nitrogens with zero attached hydrogens (tertiary/aromatic N) is 1. The number of hydrogen-bond acceptors (Lipinski definition) is 4. The minimum Gasteiger partial charge on any atom is -0.464 e. The number of esters is 1. The van der Waals surface area contributed by atoms with Crippen molar-refractivity contribution < 1.29 is 14.3 Å². The van der Waals surface area contributed by atoms with Gasteiger partial charge < -0.3 is 9.53 Å². The van der Waals surface area contributed by atoms with Gasteiger partial charge in [-0.2, -0.15) is 5.26 Å². The first-order chi connectivity index (χ1) is 7.76. The van der Waals surface area contributed by atoms with Crippen molar-refractivity contribution in [1.29, 1.82) is 5.26 Å². The molecule has 0 fully saturated rings. The van der Waals surface area contributed by atoms with Crippen LogP contribution in [0.2, 0.25) is 0 Å². The normalized spacial score (nSPS) is 10.8. The van der Waals surface area contributed by atoms with Gasteiger partial charge in [0, 0.05) is 51.4 Å². The maximum Gasteiger partial charge on any atom is 0.330 e. The number of carbonyl (C=O) groups excluding carboxylic acids is 2. The number of hydrogen-bond donors (Lipinski definition) is 0. The average molecular weight is 264 g/mol. The van der Waals surface area contributed by atoms with Crippen molar-refractivity contribution in [3.63, 3.8) is 0 Å². The van der Waals surface area contributed by atoms with Crippen LogP contribution in [0.1, 0.15) is 45.4 Å². The van der Waals surface area contributed by atoms with Crippen molar-refractivity contribution in [3.8, 4) is 6.07 Å². The molecular formula is C12H19KNO3. The van der Waals surface area contributed by atoms with Gasteiger partial charge in [0.05, 0.1) is 12.7 Å². The van der Waals surface area contributed by atoms with Gasteiger partial charge in [-0.25, -0.2) is 0 Å². The van der Waals surface area contributed by atoms with E-state index in [0.717, 1.165) is 19.3 Å². The summed E-state index contributed by atoms with van der Waals surface area (Å²) in [4.78, 5) is 21.3. The third-order valence-corrected chi connectivity index (χ3v) is 2.27. The van der Waals surface area contributed by atoms with E-state index >= 15 is 0 Å². The molecule has 0 bridgehead atoms. The van der Waals surface area contributed by atoms with Gasteiger partial charge in [0.2, 0.25) is 0 Å². The van der Waals surface area contributed by atoms with E-state index in [0.29, 0.717) is 12.9 Å². The largest absolute Gasteiger partial charge is 0.464 e. The van der Waals surface area contributed by atoms with Gasteiger partial charge in [-0.15, -0.1) is 0 Å². The number of nitriles is 1. The van der Waals surface area contributed by atoms with Gasteiger partial charge in [-0.3, -0.25) is 4.79 Å². The fraction of sp³-hybridized carbons (Fsp3) is 0.750. The minimum atomic E-state index is -1.26. The third kappa shape index (κ3) is 11.1. The summed E-state index contributed by atoms with van der Waals surface area (Å²) in [7, 11) is 0. The molecule has 0 aromatic heterocycles. The summed E-state index contributed by atoms with van der Waals surface area (Å²) in [6.07, 6.45) is 6.92. The van der Waals surface area contributed by atoms with Crippen LogP contribution in [0.5, 0.6) is 0 Å². The van der Waals surface area contributed by atoms with Gasteiger partial charge in [0.1, 0.15) is 6.29 Å². The second-order valence-corrected chi connectivity index (χ2v) is 3.68. The maximum absolute atomic E-state index is 11.1. The number of rotatable bonds is 9. The Kier molecular flexibility index (Phi) is 16.5. The summed E-state index contributed by atoms with van der Waals surface area (Å²) in [6, 6.07) is 1.58. The Morgan fingerprint density at radius 1 is 1.29 bits per heavy atom. The molecule has 0 aromatic carbocycles. The van der Waals surface area contributed by atoms with Crippen LogP contribution >= 0.6 is 0 Å². The molecule has 1 unspecified atom stereocenters. The van der Waals surface area contributed by atoms with Gasteiger partial charge in [0.15, 0.2) is 5.92 Å². The second-order valence-electron chi connectivity index (χ2n) is 3.68. The molecule has 0 heterocycles. The van der Waals surface area contributed by atoms with Crippen molar-refractivity contribution >= 4 is 63.6 Å². The zero-order valence-corrected chi connectivity index (χ0v) is 13.9. The Balaban J connectivity index is 0. The van der Waals surface area contributed by atoms with Crippen molar-refractivity contribution in [2.75, 3.05) is 6.61 Å². The van der Waals surface area contributed by atoms with E-state index in [4.69, 9.17) is 10.00 Å². The summed E-state index contributed by atoms with van der Waals surface area (Å²) >= 11 is 0. The van der Waals surface area contributed by atoms with E-state index in [-0.39, 0.29) is 51.4 Å². The smallest absolute Gasteiger partial charge is 0.330 e. The summed E-state index contributed by atoms with van der Waals surface area (Å²) in [6.45, 7) is 2.46. The molecule has 0 rings (SSSR count). The molecule has 0 aliphatic carbocycles. The first kappa shape index (κ1) is 19.6. The van der Waals surface area contributed by atoms with Crippen LogP contribution in [0.15, 0.2) is 0 Å². The molecule has 4 nitrogen and oxygen atoms in total. The fourth-order valence-electron chi connectivity index (χ4n) is 1.28. The summed E-state index contributed by atoms with van der Waals surface area (Å²) in [5, 5.41) is 8.41. The summed E-state index contributed by atoms with van der Waals surface area (Å²) in [5.41, 5.74) is 0. The van der Waals surface area contributed by atoms with E-state index in [1.54, 1.807) is 6.07 Å². The Morgan fingerprint density at radius 2 is 1.88 bits per heavy atom. The van der Waals surface area contributed by atoms with E-state index < -0.39 is 11.9 Å². The van der Waals surface area contributed by atoms with Crippen LogP contribution in [0.4, 0.5) is 0 Å². The van der Waals surface area contributed by atoms with Gasteiger partial charge >= 0.3 is 5.97 Å². The van der Waals surface area contributed by atoms with Crippen molar-refractivity contribution in [3.05, 3.63) is 0 Å². The predicted molar refractivity (Wildman–Crippen MR) is 65.3 cm³/mol. The zero-order valence-electron chi connectivity index (χ0n) is 10.8. The molecular weight excluding hydrogens is 245 g/mol. The maximum atomic E-state index is 11.1. The van der Waals surface area contributed by atoms with Crippen LogP contribution in [0, 0.1) is 17.2 Å². The van der Waals surface area contributed by atoms with Crippen LogP contribution in [-0.4, -0.2) is 70.2 Å². The third-order valence-electron chi connectivity index (χ3n) is 2.27. The Morgan fingerprint density at radius 3 is 2.41 bits per heavy atom. The van der Waals surface area contributed by atoms with Gasteiger partial charge in [0.25, 0.3) is 0 Å². The Labute approximate surface area is 146 Å². The molecule has 17 heavy (non-hydrogen) atoms. The van der Waals surface area contributed by atoms with E-state index in [1.165, 1.54) is 19.3 Å². The van der Waals surface area contributed by atoms with Crippen molar-refractivity contribution in [2.45, 2.75) is 45.4 Å². The molecule has 0 spiro atoms. The SMILES string of the molecule is CCCCCCCCOC(=O)C(C#N)C=O.[K]. The fourth-order valence-corrected chi connectivity index (χ4v) is 1.28. The Hall–Kier alpha value is 0.266. The molecule has 0 saturated carbocycles. The molecule has 0 aliphatic heterocycles. The predicted octanol–water partition coefficient (Wildman–Crippen LogP) is 1.85. The van der Waals surface area contributed by atoms with Crippen LogP contribution in [0.3, 0.4) is 0 Å². The molecule has 1 atom stereocenters. The number of carbonyl (C=O) groups is 2. The summed E-state index contributed by atoms with van der Waals surface area (Å²) < 4.78 is 4.80. The van der Waals surface area contributed by atoms with E-state index in [2.05, 4.69) is 6.92 Å². The van der Waals surface area contributed by atoms with Crippen LogP contribution in [0.25, 0.3) is 0 Å². The minimum absolute atomic E-state index is 0. The van der Waals surface area contributed by atoms with Crippen LogP contribution < -0.4 is 0 Å². The first-order valence-corrected chi connectivity index (χ1v) is 5.77. The standard InChI is InChI=1S/C12H19NO3.K/c1-2-3-4-5-6-7-8-16-12(15)11(9-13)10-14;/h10-11H,2-8H2,1H3;. The summed E-state index contributed by atoms with van der Waals surface area (Å²) in [5.74, 6) is -1.99. The average Bonchev–Trinajstić information content (AvgIpc) is 2.29. The molecule has 5 heteroatoms. The molecule has 0 aliphatic rings. The quantitative estimate of drug-likeness (QED) is 0.209. The van der Waals surface area contributed by atoms with Crippen molar-refractivity contribution in [2.24, 2.45) is 5.92 Å². The number of aldehydes is 1. The van der Waals surface area contributed by atoms with Crippen molar-refractivity contribution in [1.82, 2.24) is 0 Å². The number of ether oxygens (including phenoxy) is 1. The molecule has 0 N–H and O–H groups in total. The first-order valence-electron chi connectivity index (χ1n) is 5.77.